The lowest BCUT2D eigenvalue weighted by molar-refractivity contribution is -0.185. The predicted octanol–water partition coefficient (Wildman–Crippen LogP) is 3.52. The van der Waals surface area contributed by atoms with E-state index in [0.717, 1.165) is 0 Å². The van der Waals surface area contributed by atoms with Crippen LogP contribution in [0.4, 0.5) is 0 Å². The van der Waals surface area contributed by atoms with Crippen molar-refractivity contribution in [2.45, 2.75) is 80.8 Å². The maximum atomic E-state index is 11.0. The molecule has 138 valence electrons. The largest absolute Gasteiger partial charge is 0.438 e. The van der Waals surface area contributed by atoms with E-state index in [1.807, 2.05) is 27.7 Å². The van der Waals surface area contributed by atoms with E-state index >= 15 is 0 Å². The first-order chi connectivity index (χ1) is 10.5. The minimum Gasteiger partial charge on any atom is -0.438 e. The van der Waals surface area contributed by atoms with Crippen LogP contribution in [-0.2, 0) is 28.5 Å². The zero-order valence-corrected chi connectivity index (χ0v) is 16.0. The lowest BCUT2D eigenvalue weighted by Crippen LogP contribution is -2.23. The van der Waals surface area contributed by atoms with E-state index in [9.17, 15) is 9.59 Å². The van der Waals surface area contributed by atoms with Crippen LogP contribution in [0.2, 0.25) is 0 Å². The summed E-state index contributed by atoms with van der Waals surface area (Å²) in [6.07, 6.45) is -0.255. The first-order valence-corrected chi connectivity index (χ1v) is 8.11. The molecule has 1 atom stereocenters. The zero-order chi connectivity index (χ0) is 18.6. The smallest absolute Gasteiger partial charge is 0.310 e. The second kappa shape index (κ2) is 13.3. The van der Waals surface area contributed by atoms with Gasteiger partial charge in [0.1, 0.15) is 0 Å². The first kappa shape index (κ1) is 24.1. The van der Waals surface area contributed by atoms with Crippen molar-refractivity contribution < 1.29 is 28.5 Å². The number of carbonyl (C=O) groups excluding carboxylic acids is 2. The van der Waals surface area contributed by atoms with Crippen molar-refractivity contribution in [2.24, 2.45) is 11.8 Å². The SMILES string of the molecule is CC(C)OC(C)OC(=O)C(C)C.CC(C)OCOC(=O)C(C)C. The van der Waals surface area contributed by atoms with Gasteiger partial charge in [0.25, 0.3) is 0 Å². The molecule has 0 heterocycles. The van der Waals surface area contributed by atoms with Gasteiger partial charge in [0.05, 0.1) is 24.0 Å². The van der Waals surface area contributed by atoms with Crippen molar-refractivity contribution in [3.63, 3.8) is 0 Å². The molecule has 0 aliphatic rings. The summed E-state index contributed by atoms with van der Waals surface area (Å²) in [5.41, 5.74) is 0. The molecule has 0 aliphatic heterocycles. The molecular weight excluding hydrogens is 300 g/mol. The van der Waals surface area contributed by atoms with Crippen molar-refractivity contribution >= 4 is 11.9 Å². The van der Waals surface area contributed by atoms with Crippen molar-refractivity contribution in [1.29, 1.82) is 0 Å². The maximum Gasteiger partial charge on any atom is 0.310 e. The van der Waals surface area contributed by atoms with E-state index in [4.69, 9.17) is 18.9 Å². The van der Waals surface area contributed by atoms with Crippen LogP contribution in [0, 0.1) is 11.8 Å². The fraction of sp³-hybridized carbons (Fsp3) is 0.882. The van der Waals surface area contributed by atoms with E-state index in [0.29, 0.717) is 0 Å². The van der Waals surface area contributed by atoms with Gasteiger partial charge >= 0.3 is 11.9 Å². The van der Waals surface area contributed by atoms with Gasteiger partial charge in [-0.15, -0.1) is 0 Å². The third-order valence-electron chi connectivity index (χ3n) is 2.29. The number of hydrogen-bond acceptors (Lipinski definition) is 6. The van der Waals surface area contributed by atoms with E-state index in [-0.39, 0.29) is 42.8 Å². The molecule has 1 unspecified atom stereocenters. The molecule has 0 aliphatic carbocycles. The van der Waals surface area contributed by atoms with Gasteiger partial charge in [-0.05, 0) is 34.6 Å². The summed E-state index contributed by atoms with van der Waals surface area (Å²) in [6, 6.07) is 0. The molecule has 23 heavy (non-hydrogen) atoms. The summed E-state index contributed by atoms with van der Waals surface area (Å²) in [7, 11) is 0. The average Bonchev–Trinajstić information content (AvgIpc) is 2.37. The van der Waals surface area contributed by atoms with Gasteiger partial charge in [0.15, 0.2) is 13.1 Å². The van der Waals surface area contributed by atoms with Gasteiger partial charge in [0, 0.05) is 0 Å². The Kier molecular flexibility index (Phi) is 14.0. The molecule has 0 aromatic rings. The number of carbonyl (C=O) groups is 2. The van der Waals surface area contributed by atoms with E-state index < -0.39 is 6.29 Å². The molecule has 0 saturated heterocycles. The average molecular weight is 334 g/mol. The van der Waals surface area contributed by atoms with Crippen LogP contribution >= 0.6 is 0 Å². The second-order valence-electron chi connectivity index (χ2n) is 6.30. The Balaban J connectivity index is 0. The van der Waals surface area contributed by atoms with E-state index in [1.54, 1.807) is 34.6 Å². The highest BCUT2D eigenvalue weighted by molar-refractivity contribution is 5.71. The van der Waals surface area contributed by atoms with Crippen molar-refractivity contribution in [2.75, 3.05) is 6.79 Å². The molecule has 0 fully saturated rings. The summed E-state index contributed by atoms with van der Waals surface area (Å²) in [5.74, 6) is -0.609. The van der Waals surface area contributed by atoms with E-state index in [2.05, 4.69) is 0 Å². The summed E-state index contributed by atoms with van der Waals surface area (Å²) >= 11 is 0. The van der Waals surface area contributed by atoms with Gasteiger partial charge in [0.2, 0.25) is 0 Å². The summed E-state index contributed by atoms with van der Waals surface area (Å²) < 4.78 is 20.0. The minimum atomic E-state index is -0.445. The normalized spacial score (nSPS) is 12.2. The Morgan fingerprint density at radius 3 is 1.57 bits per heavy atom. The van der Waals surface area contributed by atoms with Gasteiger partial charge in [-0.2, -0.15) is 0 Å². The zero-order valence-electron chi connectivity index (χ0n) is 16.0. The molecule has 0 aromatic heterocycles. The number of hydrogen-bond donors (Lipinski definition) is 0. The van der Waals surface area contributed by atoms with E-state index in [1.165, 1.54) is 0 Å². The lowest BCUT2D eigenvalue weighted by Gasteiger charge is -2.17. The summed E-state index contributed by atoms with van der Waals surface area (Å²) in [4.78, 5) is 21.9. The fourth-order valence-corrected chi connectivity index (χ4v) is 1.11. The molecule has 6 nitrogen and oxygen atoms in total. The summed E-state index contributed by atoms with van der Waals surface area (Å²) in [5, 5.41) is 0. The first-order valence-electron chi connectivity index (χ1n) is 8.11. The van der Waals surface area contributed by atoms with Gasteiger partial charge in [-0.3, -0.25) is 9.59 Å². The van der Waals surface area contributed by atoms with Gasteiger partial charge < -0.3 is 18.9 Å². The topological polar surface area (TPSA) is 71.1 Å². The quantitative estimate of drug-likeness (QED) is 0.499. The molecule has 0 amide bonds. The molecular formula is C17H34O6. The second-order valence-corrected chi connectivity index (χ2v) is 6.30. The van der Waals surface area contributed by atoms with Crippen molar-refractivity contribution in [3.8, 4) is 0 Å². The van der Waals surface area contributed by atoms with Crippen LogP contribution in [-0.4, -0.2) is 37.2 Å². The molecule has 0 N–H and O–H groups in total. The molecule has 0 bridgehead atoms. The number of ether oxygens (including phenoxy) is 4. The fourth-order valence-electron chi connectivity index (χ4n) is 1.11. The molecule has 0 rings (SSSR count). The third-order valence-corrected chi connectivity index (χ3v) is 2.29. The maximum absolute atomic E-state index is 11.0. The lowest BCUT2D eigenvalue weighted by atomic mass is 10.2. The Morgan fingerprint density at radius 1 is 0.739 bits per heavy atom. The standard InChI is InChI=1S/C9H18O3.C8H16O3/c1-6(2)9(10)12-8(5)11-7(3)4;1-6(2)8(9)11-5-10-7(3)4/h6-8H,1-5H3;6-7H,5H2,1-4H3. The highest BCUT2D eigenvalue weighted by atomic mass is 16.7. The minimum absolute atomic E-state index is 0.0642. The van der Waals surface area contributed by atoms with Crippen LogP contribution in [0.15, 0.2) is 0 Å². The van der Waals surface area contributed by atoms with Crippen LogP contribution in [0.5, 0.6) is 0 Å². The number of rotatable bonds is 8. The molecule has 0 saturated carbocycles. The van der Waals surface area contributed by atoms with Gasteiger partial charge in [-0.25, -0.2) is 0 Å². The Hall–Kier alpha value is -1.14. The van der Waals surface area contributed by atoms with Crippen molar-refractivity contribution in [1.82, 2.24) is 0 Å². The predicted molar refractivity (Wildman–Crippen MR) is 88.6 cm³/mol. The van der Waals surface area contributed by atoms with Crippen LogP contribution in [0.25, 0.3) is 0 Å². The van der Waals surface area contributed by atoms with Crippen LogP contribution < -0.4 is 0 Å². The van der Waals surface area contributed by atoms with Crippen molar-refractivity contribution in [3.05, 3.63) is 0 Å². The molecule has 0 aromatic carbocycles. The van der Waals surface area contributed by atoms with Gasteiger partial charge in [-0.1, -0.05) is 27.7 Å². The monoisotopic (exact) mass is 334 g/mol. The van der Waals surface area contributed by atoms with Crippen LogP contribution in [0.3, 0.4) is 0 Å². The highest BCUT2D eigenvalue weighted by Crippen LogP contribution is 2.03. The molecule has 0 spiro atoms. The van der Waals surface area contributed by atoms with Crippen LogP contribution in [0.1, 0.15) is 62.3 Å². The number of esters is 2. The molecule has 0 radical (unpaired) electrons. The third kappa shape index (κ3) is 17.1. The molecule has 6 heteroatoms. The summed E-state index contributed by atoms with van der Waals surface area (Å²) in [6.45, 7) is 16.5. The Morgan fingerprint density at radius 2 is 1.22 bits per heavy atom. The highest BCUT2D eigenvalue weighted by Gasteiger charge is 2.13. The Bertz CT molecular complexity index is 323. The Labute approximate surface area is 140 Å².